The van der Waals surface area contributed by atoms with E-state index >= 15 is 4.39 Å². The second-order valence-corrected chi connectivity index (χ2v) is 14.8. The van der Waals surface area contributed by atoms with E-state index in [1.54, 1.807) is 11.5 Å². The molecule has 0 radical (unpaired) electrons. The number of aromatic nitrogens is 1. The number of carbonyl (C=O) groups is 4. The number of fused-ring (bicyclic) bond motifs is 2. The highest BCUT2D eigenvalue weighted by molar-refractivity contribution is 6.38. The lowest BCUT2D eigenvalue weighted by Crippen LogP contribution is -2.56. The van der Waals surface area contributed by atoms with E-state index < -0.39 is 46.9 Å². The highest BCUT2D eigenvalue weighted by Gasteiger charge is 2.42. The molecule has 5 N–H and O–H groups in total. The topological polar surface area (TPSA) is 167 Å². The highest BCUT2D eigenvalue weighted by atomic mass is 35.5. The number of nitrogens with two attached hydrogens (primary N) is 1. The van der Waals surface area contributed by atoms with Crippen molar-refractivity contribution < 1.29 is 28.7 Å². The number of halogens is 2. The van der Waals surface area contributed by atoms with Crippen molar-refractivity contribution in [1.82, 2.24) is 20.1 Å². The van der Waals surface area contributed by atoms with Crippen LogP contribution in [0.25, 0.3) is 10.9 Å². The number of pyridine rings is 1. The smallest absolute Gasteiger partial charge is 0.341 e. The molecule has 3 heterocycles. The number of carboxylic acid groups (broad SMARTS) is 1. The number of benzene rings is 1. The largest absolute Gasteiger partial charge is 0.477 e. The lowest BCUT2D eigenvalue weighted by molar-refractivity contribution is -0.140. The number of carbonyl (C=O) groups excluding carboxylic acids is 3. The Labute approximate surface area is 288 Å². The van der Waals surface area contributed by atoms with Gasteiger partial charge in [-0.1, -0.05) is 37.6 Å². The molecular formula is C35H44ClFN6O6. The normalized spacial score (nSPS) is 24.6. The molecule has 0 spiro atoms. The van der Waals surface area contributed by atoms with E-state index in [4.69, 9.17) is 17.3 Å². The van der Waals surface area contributed by atoms with E-state index in [0.717, 1.165) is 18.9 Å². The third-order valence-electron chi connectivity index (χ3n) is 10.3. The van der Waals surface area contributed by atoms with Crippen LogP contribution >= 0.6 is 11.6 Å². The van der Waals surface area contributed by atoms with Crippen LogP contribution in [-0.2, 0) is 14.4 Å². The Kier molecular flexibility index (Phi) is 9.78. The van der Waals surface area contributed by atoms with E-state index in [9.17, 15) is 29.1 Å². The van der Waals surface area contributed by atoms with Gasteiger partial charge in [-0.25, -0.2) is 9.18 Å². The molecule has 1 aromatic carbocycles. The van der Waals surface area contributed by atoms with Crippen LogP contribution in [0.4, 0.5) is 10.1 Å². The molecular weight excluding hydrogens is 655 g/mol. The summed E-state index contributed by atoms with van der Waals surface area (Å²) in [5.74, 6) is -3.03. The maximum atomic E-state index is 15.9. The molecule has 3 unspecified atom stereocenters. The maximum Gasteiger partial charge on any atom is 0.341 e. The van der Waals surface area contributed by atoms with Crippen LogP contribution < -0.4 is 26.7 Å². The first-order chi connectivity index (χ1) is 23.3. The molecule has 14 heteroatoms. The van der Waals surface area contributed by atoms with Gasteiger partial charge in [0.15, 0.2) is 0 Å². The third kappa shape index (κ3) is 6.79. The third-order valence-corrected chi connectivity index (χ3v) is 10.6. The average Bonchev–Trinajstić information content (AvgIpc) is 3.59. The number of anilines is 1. The molecule has 2 saturated heterocycles. The van der Waals surface area contributed by atoms with Gasteiger partial charge < -0.3 is 35.8 Å². The predicted molar refractivity (Wildman–Crippen MR) is 183 cm³/mol. The van der Waals surface area contributed by atoms with E-state index in [2.05, 4.69) is 10.6 Å². The summed E-state index contributed by atoms with van der Waals surface area (Å²) >= 11 is 6.92. The first kappa shape index (κ1) is 34.9. The van der Waals surface area contributed by atoms with Crippen LogP contribution in [-0.4, -0.2) is 82.1 Å². The van der Waals surface area contributed by atoms with Crippen molar-refractivity contribution in [3.05, 3.63) is 51.0 Å². The number of likely N-dealkylation sites (tertiary alicyclic amines) is 1. The summed E-state index contributed by atoms with van der Waals surface area (Å²) in [6.45, 7) is 6.79. The zero-order chi connectivity index (χ0) is 35.3. The van der Waals surface area contributed by atoms with Gasteiger partial charge in [0, 0.05) is 37.8 Å². The van der Waals surface area contributed by atoms with Crippen molar-refractivity contribution >= 4 is 51.9 Å². The van der Waals surface area contributed by atoms with Crippen molar-refractivity contribution in [3.63, 3.8) is 0 Å². The molecule has 2 aliphatic carbocycles. The van der Waals surface area contributed by atoms with Gasteiger partial charge in [-0.3, -0.25) is 19.2 Å². The minimum atomic E-state index is -1.38. The average molecular weight is 699 g/mol. The summed E-state index contributed by atoms with van der Waals surface area (Å²) in [5.41, 5.74) is 5.08. The molecule has 6 atom stereocenters. The molecule has 1 aromatic heterocycles. The Morgan fingerprint density at radius 1 is 1.14 bits per heavy atom. The second kappa shape index (κ2) is 13.7. The van der Waals surface area contributed by atoms with Gasteiger partial charge in [0.2, 0.25) is 23.2 Å². The molecule has 6 rings (SSSR count). The minimum Gasteiger partial charge on any atom is -0.477 e. The number of amides is 3. The van der Waals surface area contributed by atoms with Crippen LogP contribution in [0.1, 0.15) is 75.7 Å². The van der Waals surface area contributed by atoms with Crippen molar-refractivity contribution in [2.45, 2.75) is 89.5 Å². The van der Waals surface area contributed by atoms with Crippen molar-refractivity contribution in [2.75, 3.05) is 24.5 Å². The summed E-state index contributed by atoms with van der Waals surface area (Å²) in [6.07, 6.45) is 9.12. The summed E-state index contributed by atoms with van der Waals surface area (Å²) in [7, 11) is 0. The lowest BCUT2D eigenvalue weighted by Gasteiger charge is -2.32. The Morgan fingerprint density at radius 2 is 1.88 bits per heavy atom. The first-order valence-electron chi connectivity index (χ1n) is 17.1. The summed E-state index contributed by atoms with van der Waals surface area (Å²) < 4.78 is 17.6. The van der Waals surface area contributed by atoms with Gasteiger partial charge in [0.1, 0.15) is 23.5 Å². The van der Waals surface area contributed by atoms with Crippen molar-refractivity contribution in [2.24, 2.45) is 23.5 Å². The highest BCUT2D eigenvalue weighted by Crippen LogP contribution is 2.44. The molecule has 4 aliphatic rings. The van der Waals surface area contributed by atoms with Crippen LogP contribution in [0.15, 0.2) is 29.2 Å². The number of aromatic carboxylic acids is 1. The van der Waals surface area contributed by atoms with E-state index in [-0.39, 0.29) is 57.6 Å². The van der Waals surface area contributed by atoms with Crippen LogP contribution in [0.2, 0.25) is 5.02 Å². The SMILES string of the molecule is CC(C)C[C@H](NC(=O)[C@@H]1CCCN1C(=O)[C@H](C)N)C(=O)NC1C=CCC2CN(c3c(F)cc4c(=O)c(C(=O)O)cn(C5CC5)c4c3Cl)CC21. The Balaban J connectivity index is 1.22. The quantitative estimate of drug-likeness (QED) is 0.275. The fourth-order valence-corrected chi connectivity index (χ4v) is 8.16. The molecule has 2 aliphatic heterocycles. The van der Waals surface area contributed by atoms with Gasteiger partial charge in [0.25, 0.3) is 0 Å². The summed E-state index contributed by atoms with van der Waals surface area (Å²) in [4.78, 5) is 68.0. The maximum absolute atomic E-state index is 15.9. The second-order valence-electron chi connectivity index (χ2n) is 14.4. The number of allylic oxidation sites excluding steroid dienone is 1. The van der Waals surface area contributed by atoms with Crippen LogP contribution in [0.3, 0.4) is 0 Å². The Morgan fingerprint density at radius 3 is 2.53 bits per heavy atom. The van der Waals surface area contributed by atoms with Crippen LogP contribution in [0, 0.1) is 23.6 Å². The standard InChI is InChI=1S/C35H44ClFN6O6/c1-17(2)12-26(40-33(46)27-8-5-11-42(27)34(47)18(3)38)32(45)39-25-7-4-6-19-14-41(15-22(19)25)30-24(37)13-21-29(28(30)36)43(20-9-10-20)16-23(31(21)44)35(48)49/h4,7,13,16-20,22,25-27H,5-6,8-12,14-15,38H2,1-3H3,(H,39,45)(H,40,46)(H,48,49)/t18-,19?,22?,25?,26-,27-/m0/s1. The fourth-order valence-electron chi connectivity index (χ4n) is 7.75. The number of nitrogens with zero attached hydrogens (tertiary/aromatic N) is 3. The monoisotopic (exact) mass is 698 g/mol. The molecule has 2 aromatic rings. The molecule has 264 valence electrons. The Bertz CT molecular complexity index is 1770. The molecule has 3 fully saturated rings. The lowest BCUT2D eigenvalue weighted by atomic mass is 9.82. The van der Waals surface area contributed by atoms with Gasteiger partial charge in [-0.2, -0.15) is 0 Å². The zero-order valence-electron chi connectivity index (χ0n) is 28.0. The van der Waals surface area contributed by atoms with Crippen LogP contribution in [0.5, 0.6) is 0 Å². The van der Waals surface area contributed by atoms with Gasteiger partial charge in [-0.15, -0.1) is 0 Å². The van der Waals surface area contributed by atoms with Gasteiger partial charge >= 0.3 is 5.97 Å². The number of hydrogen-bond acceptors (Lipinski definition) is 7. The van der Waals surface area contributed by atoms with Gasteiger partial charge in [-0.05, 0) is 63.4 Å². The molecule has 1 saturated carbocycles. The van der Waals surface area contributed by atoms with E-state index in [0.29, 0.717) is 50.8 Å². The molecule has 3 amide bonds. The predicted octanol–water partition coefficient (Wildman–Crippen LogP) is 3.19. The number of rotatable bonds is 10. The van der Waals surface area contributed by atoms with E-state index in [1.165, 1.54) is 11.1 Å². The number of hydrogen-bond donors (Lipinski definition) is 4. The fraction of sp³-hybridized carbons (Fsp3) is 0.571. The first-order valence-corrected chi connectivity index (χ1v) is 17.5. The van der Waals surface area contributed by atoms with Crippen molar-refractivity contribution in [3.8, 4) is 0 Å². The number of nitrogens with one attached hydrogen (secondary N) is 2. The van der Waals surface area contributed by atoms with Crippen molar-refractivity contribution in [1.29, 1.82) is 0 Å². The zero-order valence-corrected chi connectivity index (χ0v) is 28.7. The summed E-state index contributed by atoms with van der Waals surface area (Å²) in [6, 6.07) is -1.56. The van der Waals surface area contributed by atoms with Gasteiger partial charge in [0.05, 0.1) is 33.7 Å². The summed E-state index contributed by atoms with van der Waals surface area (Å²) in [5, 5.41) is 15.7. The van der Waals surface area contributed by atoms with E-state index in [1.807, 2.05) is 30.9 Å². The number of carboxylic acids is 1. The molecule has 0 bridgehead atoms. The Hall–Kier alpha value is -3.97. The molecule has 12 nitrogen and oxygen atoms in total. The molecule has 49 heavy (non-hydrogen) atoms. The minimum absolute atomic E-state index is 0.0253.